The molecule has 188 valence electrons. The summed E-state index contributed by atoms with van der Waals surface area (Å²) in [6, 6.07) is 18.0. The second-order valence-electron chi connectivity index (χ2n) is 9.41. The molecule has 5 nitrogen and oxygen atoms in total. The quantitative estimate of drug-likeness (QED) is 0.381. The number of nitrogens with zero attached hydrogens (tertiary/aromatic N) is 1. The van der Waals surface area contributed by atoms with E-state index < -0.39 is 6.10 Å². The van der Waals surface area contributed by atoms with Gasteiger partial charge in [0.05, 0.1) is 11.7 Å². The molecular weight excluding hydrogens is 481 g/mol. The second kappa shape index (κ2) is 10.4. The van der Waals surface area contributed by atoms with Gasteiger partial charge in [0.25, 0.3) is 0 Å². The highest BCUT2D eigenvalue weighted by Gasteiger charge is 2.30. The van der Waals surface area contributed by atoms with E-state index in [2.05, 4.69) is 4.90 Å². The van der Waals surface area contributed by atoms with Crippen LogP contribution in [0.5, 0.6) is 23.0 Å². The predicted molar refractivity (Wildman–Crippen MR) is 140 cm³/mol. The van der Waals surface area contributed by atoms with E-state index in [9.17, 15) is 14.6 Å². The normalized spacial score (nSPS) is 19.8. The molecule has 1 saturated heterocycles. The minimum atomic E-state index is -0.432. The summed E-state index contributed by atoms with van der Waals surface area (Å²) in [6.45, 7) is 4.77. The summed E-state index contributed by atoms with van der Waals surface area (Å²) in [7, 11) is 0. The van der Waals surface area contributed by atoms with Crippen molar-refractivity contribution in [2.45, 2.75) is 19.4 Å². The zero-order chi connectivity index (χ0) is 25.2. The maximum absolute atomic E-state index is 12.8. The fourth-order valence-electron chi connectivity index (χ4n) is 5.00. The molecule has 0 aliphatic carbocycles. The number of phenolic OH excluding ortho intramolecular Hbond substituents is 2. The molecule has 2 N–H and O–H groups in total. The van der Waals surface area contributed by atoms with E-state index in [-0.39, 0.29) is 29.1 Å². The van der Waals surface area contributed by atoms with Crippen LogP contribution in [-0.4, -0.2) is 48.0 Å². The highest BCUT2D eigenvalue weighted by molar-refractivity contribution is 6.32. The van der Waals surface area contributed by atoms with Crippen molar-refractivity contribution in [3.63, 3.8) is 0 Å². The van der Waals surface area contributed by atoms with Crippen molar-refractivity contribution in [2.24, 2.45) is 5.92 Å². The molecular formula is C29H29ClFNO4. The van der Waals surface area contributed by atoms with E-state index >= 15 is 0 Å². The van der Waals surface area contributed by atoms with E-state index in [0.29, 0.717) is 12.4 Å². The van der Waals surface area contributed by atoms with Gasteiger partial charge in [0.15, 0.2) is 0 Å². The molecule has 2 atom stereocenters. The molecule has 0 radical (unpaired) electrons. The number of aromatic hydroxyl groups is 2. The van der Waals surface area contributed by atoms with Gasteiger partial charge in [0.2, 0.25) is 0 Å². The van der Waals surface area contributed by atoms with Crippen LogP contribution in [-0.2, 0) is 0 Å². The molecule has 0 spiro atoms. The maximum atomic E-state index is 12.8. The van der Waals surface area contributed by atoms with Gasteiger partial charge in [0.1, 0.15) is 35.7 Å². The van der Waals surface area contributed by atoms with Crippen LogP contribution in [0.2, 0.25) is 5.02 Å². The molecule has 3 aromatic rings. The lowest BCUT2D eigenvalue weighted by Crippen LogP contribution is -2.26. The Bertz CT molecular complexity index is 1280. The van der Waals surface area contributed by atoms with Gasteiger partial charge in [-0.25, -0.2) is 0 Å². The van der Waals surface area contributed by atoms with Crippen LogP contribution < -0.4 is 9.47 Å². The van der Waals surface area contributed by atoms with Gasteiger partial charge in [0, 0.05) is 30.1 Å². The second-order valence-corrected chi connectivity index (χ2v) is 9.82. The minimum Gasteiger partial charge on any atom is -0.508 e. The summed E-state index contributed by atoms with van der Waals surface area (Å²) in [6.07, 6.45) is 0.481. The first kappa shape index (κ1) is 24.5. The fourth-order valence-corrected chi connectivity index (χ4v) is 5.12. The van der Waals surface area contributed by atoms with Gasteiger partial charge in [-0.2, -0.15) is 0 Å². The molecule has 5 rings (SSSR count). The number of halogens is 2. The lowest BCUT2D eigenvalue weighted by atomic mass is 9.86. The van der Waals surface area contributed by atoms with E-state index in [0.717, 1.165) is 59.6 Å². The third-order valence-corrected chi connectivity index (χ3v) is 7.30. The number of hydrogen-bond donors (Lipinski definition) is 2. The lowest BCUT2D eigenvalue weighted by molar-refractivity contribution is 0.228. The Kier molecular flexibility index (Phi) is 7.08. The summed E-state index contributed by atoms with van der Waals surface area (Å²) in [4.78, 5) is 2.24. The minimum absolute atomic E-state index is 0.00509. The highest BCUT2D eigenvalue weighted by atomic mass is 35.5. The largest absolute Gasteiger partial charge is 0.508 e. The van der Waals surface area contributed by atoms with Crippen molar-refractivity contribution in [2.75, 3.05) is 32.9 Å². The SMILES string of the molecule is CC1=C(c2ccc(Cl)c(O)c2)C(c2ccc(OCCN3CCC(CF)C3)cc2)Oc2ccc(O)cc21. The molecule has 2 aliphatic heterocycles. The summed E-state index contributed by atoms with van der Waals surface area (Å²) in [5.74, 6) is 1.74. The standard InChI is InChI=1S/C29H29ClFNO4/c1-18-24-15-22(33)5-9-27(24)36-29(28(18)21-4-8-25(30)26(34)14-21)20-2-6-23(7-3-20)35-13-12-32-11-10-19(16-31)17-32/h2-9,14-15,19,29,33-34H,10-13,16-17H2,1H3. The number of phenols is 2. The van der Waals surface area contributed by atoms with E-state index in [1.165, 1.54) is 0 Å². The number of ether oxygens (including phenoxy) is 2. The number of benzene rings is 3. The smallest absolute Gasteiger partial charge is 0.150 e. The van der Waals surface area contributed by atoms with Gasteiger partial charge in [-0.3, -0.25) is 9.29 Å². The van der Waals surface area contributed by atoms with Gasteiger partial charge >= 0.3 is 0 Å². The van der Waals surface area contributed by atoms with Gasteiger partial charge in [-0.1, -0.05) is 29.8 Å². The number of likely N-dealkylation sites (tertiary alicyclic amines) is 1. The molecule has 2 aliphatic rings. The lowest BCUT2D eigenvalue weighted by Gasteiger charge is -2.31. The molecule has 2 heterocycles. The maximum Gasteiger partial charge on any atom is 0.150 e. The first-order valence-electron chi connectivity index (χ1n) is 12.1. The average Bonchev–Trinajstić information content (AvgIpc) is 3.35. The number of rotatable bonds is 7. The molecule has 3 aromatic carbocycles. The summed E-state index contributed by atoms with van der Waals surface area (Å²) in [5.41, 5.74) is 4.33. The van der Waals surface area contributed by atoms with Crippen molar-refractivity contribution in [3.8, 4) is 23.0 Å². The van der Waals surface area contributed by atoms with Crippen LogP contribution in [0.25, 0.3) is 11.1 Å². The first-order chi connectivity index (χ1) is 17.4. The molecule has 0 bridgehead atoms. The molecule has 2 unspecified atom stereocenters. The summed E-state index contributed by atoms with van der Waals surface area (Å²) in [5, 5.41) is 20.6. The van der Waals surface area contributed by atoms with Crippen LogP contribution in [0.3, 0.4) is 0 Å². The van der Waals surface area contributed by atoms with E-state index in [1.54, 1.807) is 30.3 Å². The fraction of sp³-hybridized carbons (Fsp3) is 0.310. The van der Waals surface area contributed by atoms with Crippen LogP contribution in [0, 0.1) is 5.92 Å². The summed E-state index contributed by atoms with van der Waals surface area (Å²) >= 11 is 6.06. The monoisotopic (exact) mass is 509 g/mol. The van der Waals surface area contributed by atoms with Crippen molar-refractivity contribution in [1.82, 2.24) is 4.90 Å². The van der Waals surface area contributed by atoms with Crippen LogP contribution in [0.1, 0.15) is 36.1 Å². The Hall–Kier alpha value is -3.22. The third-order valence-electron chi connectivity index (χ3n) is 6.98. The number of allylic oxidation sites excluding steroid dienone is 1. The first-order valence-corrected chi connectivity index (χ1v) is 12.5. The molecule has 1 fully saturated rings. The molecule has 0 amide bonds. The zero-order valence-corrected chi connectivity index (χ0v) is 20.8. The number of fused-ring (bicyclic) bond motifs is 1. The third kappa shape index (κ3) is 5.01. The summed E-state index contributed by atoms with van der Waals surface area (Å²) < 4.78 is 25.2. The van der Waals surface area contributed by atoms with E-state index in [1.807, 2.05) is 37.3 Å². The van der Waals surface area contributed by atoms with Crippen LogP contribution >= 0.6 is 11.6 Å². The Morgan fingerprint density at radius 3 is 2.61 bits per heavy atom. The van der Waals surface area contributed by atoms with Crippen molar-refractivity contribution < 1.29 is 24.1 Å². The van der Waals surface area contributed by atoms with Gasteiger partial charge in [-0.15, -0.1) is 0 Å². The average molecular weight is 510 g/mol. The molecule has 7 heteroatoms. The molecule has 0 saturated carbocycles. The van der Waals surface area contributed by atoms with Gasteiger partial charge in [-0.05, 0) is 79.1 Å². The predicted octanol–water partition coefficient (Wildman–Crippen LogP) is 6.49. The van der Waals surface area contributed by atoms with Crippen molar-refractivity contribution >= 4 is 22.7 Å². The van der Waals surface area contributed by atoms with Gasteiger partial charge < -0.3 is 19.7 Å². The Morgan fingerprint density at radius 1 is 1.08 bits per heavy atom. The van der Waals surface area contributed by atoms with Crippen LogP contribution in [0.4, 0.5) is 4.39 Å². The molecule has 36 heavy (non-hydrogen) atoms. The Balaban J connectivity index is 1.38. The highest BCUT2D eigenvalue weighted by Crippen LogP contribution is 2.48. The van der Waals surface area contributed by atoms with Crippen LogP contribution in [0.15, 0.2) is 60.7 Å². The van der Waals surface area contributed by atoms with Crippen molar-refractivity contribution in [3.05, 3.63) is 82.4 Å². The Labute approximate surface area is 215 Å². The van der Waals surface area contributed by atoms with Crippen molar-refractivity contribution in [1.29, 1.82) is 0 Å². The molecule has 0 aromatic heterocycles. The topological polar surface area (TPSA) is 62.2 Å². The van der Waals surface area contributed by atoms with E-state index in [4.69, 9.17) is 21.1 Å². The number of hydrogen-bond acceptors (Lipinski definition) is 5. The zero-order valence-electron chi connectivity index (χ0n) is 20.1. The number of alkyl halides is 1. The Morgan fingerprint density at radius 2 is 1.89 bits per heavy atom.